The van der Waals surface area contributed by atoms with Gasteiger partial charge in [0, 0.05) is 0 Å². The van der Waals surface area contributed by atoms with Crippen molar-refractivity contribution in [2.75, 3.05) is 80.7 Å². The molecule has 2 aliphatic carbocycles. The Hall–Kier alpha value is -7.60. The highest BCUT2D eigenvalue weighted by Crippen LogP contribution is 2.44. The van der Waals surface area contributed by atoms with Crippen LogP contribution in [0.25, 0.3) is 0 Å². The predicted octanol–water partition coefficient (Wildman–Crippen LogP) is 10.0. The largest absolute Gasteiger partial charge is 0.493 e. The summed E-state index contributed by atoms with van der Waals surface area (Å²) in [5, 5.41) is 0. The lowest BCUT2D eigenvalue weighted by molar-refractivity contribution is 0.203. The molecule has 0 amide bonds. The second-order valence-electron chi connectivity index (χ2n) is 16.3. The molecule has 6 aromatic carbocycles. The van der Waals surface area contributed by atoms with Crippen LogP contribution in [0, 0.1) is 0 Å². The van der Waals surface area contributed by atoms with Crippen molar-refractivity contribution in [3.63, 3.8) is 0 Å². The first-order valence-electron chi connectivity index (χ1n) is 33.6. The molecule has 0 unspecified atom stereocenters. The third kappa shape index (κ3) is 9.55. The van der Waals surface area contributed by atoms with Crippen molar-refractivity contribution in [3.8, 4) is 69.0 Å². The Morgan fingerprint density at radius 1 is 0.357 bits per heavy atom. The van der Waals surface area contributed by atoms with Crippen molar-refractivity contribution < 1.29 is 89.7 Å². The quantitative estimate of drug-likeness (QED) is 0.122. The fraction of sp³-hybridized carbons (Fsp3) is 0.310. The molecule has 12 aliphatic heterocycles. The Morgan fingerprint density at radius 2 is 0.557 bits per heavy atom. The molecule has 18 bridgehead atoms. The molecule has 0 radical (unpaired) electrons. The topological polar surface area (TPSA) is 111 Å². The molecule has 0 aromatic heterocycles. The summed E-state index contributed by atoms with van der Waals surface area (Å²) in [6, 6.07) is 14.1. The highest BCUT2D eigenvalue weighted by Gasteiger charge is 2.26. The van der Waals surface area contributed by atoms with Crippen LogP contribution in [-0.4, -0.2) is 80.7 Å². The maximum Gasteiger partial charge on any atom is 0.161 e. The van der Waals surface area contributed by atoms with Gasteiger partial charge in [-0.25, -0.2) is 0 Å². The Kier molecular flexibility index (Phi) is 7.59. The van der Waals surface area contributed by atoms with Gasteiger partial charge in [-0.3, -0.25) is 0 Å². The van der Waals surface area contributed by atoms with Crippen molar-refractivity contribution in [2.45, 2.75) is 38.5 Å². The lowest BCUT2D eigenvalue weighted by Crippen LogP contribution is -2.13. The van der Waals surface area contributed by atoms with Crippen molar-refractivity contribution in [1.29, 1.82) is 0 Å². The third-order valence-electron chi connectivity index (χ3n) is 12.1. The molecular formula is C58H58O12. The van der Waals surface area contributed by atoms with Crippen molar-refractivity contribution >= 4 is 0 Å². The van der Waals surface area contributed by atoms with Crippen LogP contribution in [0.5, 0.6) is 69.0 Å². The number of hydrogen-bond acceptors (Lipinski definition) is 12. The van der Waals surface area contributed by atoms with Gasteiger partial charge < -0.3 is 56.8 Å². The highest BCUT2D eigenvalue weighted by molar-refractivity contribution is 5.60. The van der Waals surface area contributed by atoms with Crippen LogP contribution in [0.15, 0.2) is 98.1 Å². The monoisotopic (exact) mass is 971 g/mol. The van der Waals surface area contributed by atoms with Gasteiger partial charge >= 0.3 is 0 Å². The lowest BCUT2D eigenvalue weighted by Gasteiger charge is -2.20. The molecule has 362 valence electrons. The van der Waals surface area contributed by atoms with Gasteiger partial charge in [0.25, 0.3) is 0 Å². The summed E-state index contributed by atoms with van der Waals surface area (Å²) in [5.41, 5.74) is 1.49. The van der Waals surface area contributed by atoms with Gasteiger partial charge in [-0.15, -0.1) is 0 Å². The molecule has 12 heterocycles. The summed E-state index contributed by atoms with van der Waals surface area (Å²) < 4.78 is 280. The average molecular weight is 971 g/mol. The molecule has 0 saturated heterocycles. The Labute approximate surface area is 442 Å². The van der Waals surface area contributed by atoms with Crippen molar-refractivity contribution in [1.82, 2.24) is 0 Å². The molecule has 20 rings (SSSR count). The van der Waals surface area contributed by atoms with E-state index in [1.807, 2.05) is 0 Å². The minimum atomic E-state index is -3.77. The van der Waals surface area contributed by atoms with Crippen molar-refractivity contribution in [2.24, 2.45) is 0 Å². The molecule has 12 nitrogen and oxygen atoms in total. The van der Waals surface area contributed by atoms with Crippen molar-refractivity contribution in [3.05, 3.63) is 165 Å². The second-order valence-corrected chi connectivity index (χ2v) is 16.3. The van der Waals surface area contributed by atoms with E-state index in [-0.39, 0.29) is 117 Å². The molecule has 14 aliphatic rings. The zero-order chi connectivity index (χ0) is 68.9. The first-order valence-corrected chi connectivity index (χ1v) is 21.6. The summed E-state index contributed by atoms with van der Waals surface area (Å²) in [6.45, 7) is -15.2. The van der Waals surface area contributed by atoms with Crippen LogP contribution >= 0.6 is 0 Å². The van der Waals surface area contributed by atoms with Gasteiger partial charge in [-0.05, 0) is 178 Å². The molecule has 0 atom stereocenters. The van der Waals surface area contributed by atoms with E-state index in [0.717, 1.165) is 48.5 Å². The normalized spacial score (nSPS) is 24.6. The van der Waals surface area contributed by atoms with Gasteiger partial charge in [0.05, 0.1) is 61.1 Å². The fourth-order valence-electron chi connectivity index (χ4n) is 8.85. The Bertz CT molecular complexity index is 3690. The van der Waals surface area contributed by atoms with Gasteiger partial charge in [0.1, 0.15) is 52.6 Å². The number of hydrogen-bond donors (Lipinski definition) is 0. The first kappa shape index (κ1) is 25.8. The van der Waals surface area contributed by atoms with Gasteiger partial charge in [-0.2, -0.15) is 0 Å². The standard InChI is InChI=1S/C58H58O12/c1-7-9-63-55-31-45-21-41-29-53-47(59-3)23-35(41)17-39-27-51-49(61-5)25-37(39)19-43(45)33-57(55)69-15-16-70-58-34-44-20-38-26-50(62-6)52(66-12-11-65-51)28-40(38)18-36-24-48(60-4)54(68-14-13-67-53)30-42(36)22-46(44)32-56(58)64-10-8-2/h7-8,23-34H,1-2,9-22H2,3-6H3/i3D3,4D3,5D3,6D3,11D2,12D2,13D2,14D2,15D2,16D2. The fourth-order valence-corrected chi connectivity index (χ4v) is 8.85. The second kappa shape index (κ2) is 20.6. The van der Waals surface area contributed by atoms with E-state index in [0.29, 0.717) is 0 Å². The summed E-state index contributed by atoms with van der Waals surface area (Å²) in [7, 11) is -13.4. The van der Waals surface area contributed by atoms with E-state index in [2.05, 4.69) is 13.2 Å². The maximum atomic E-state index is 9.40. The van der Waals surface area contributed by atoms with Crippen LogP contribution in [0.3, 0.4) is 0 Å². The summed E-state index contributed by atoms with van der Waals surface area (Å²) in [5.74, 6) is -7.49. The molecule has 6 aromatic rings. The van der Waals surface area contributed by atoms with E-state index in [9.17, 15) is 16.4 Å². The highest BCUT2D eigenvalue weighted by atomic mass is 16.6. The summed E-state index contributed by atoms with van der Waals surface area (Å²) >= 11 is 0. The number of rotatable bonds is 10. The number of ether oxygens (including phenoxy) is 12. The molecule has 12 heteroatoms. The Morgan fingerprint density at radius 3 is 0.771 bits per heavy atom. The molecule has 0 N–H and O–H groups in total. The van der Waals surface area contributed by atoms with Crippen LogP contribution in [0.1, 0.15) is 99.7 Å². The van der Waals surface area contributed by atoms with E-state index in [1.165, 1.54) is 36.4 Å². The van der Waals surface area contributed by atoms with E-state index in [4.69, 9.17) is 73.3 Å². The number of methoxy groups -OCH3 is 4. The molecule has 70 heavy (non-hydrogen) atoms. The molecule has 0 fully saturated rings. The SMILES string of the molecule is [2H]C([2H])([2H])Oc1cc2c3cc1OC([2H])([2H])C([2H])([2H])Oc1cc4c(cc1OC([2H])([2H])[2H])Cc1cc5c(OC([2H])([2H])[2H])cc1Cc1cc(c(OCC=C)cc1C4)OC([2H])([2H])C([2H])([2H])Oc1cc(c(cc1OCC=C)C3)Cc1cc(OC([2H])([2H])[2H])c(cc1C2)OC([2H])([2H])C([2H])([2H])O5. The molecule has 0 saturated carbocycles. The lowest BCUT2D eigenvalue weighted by atomic mass is 9.94. The minimum absolute atomic E-state index is 0.0530. The molecular weight excluding hydrogens is 889 g/mol. The zero-order valence-electron chi connectivity index (χ0n) is 61.1. The minimum Gasteiger partial charge on any atom is -0.493 e. The number of benzene rings is 6. The molecule has 0 spiro atoms. The summed E-state index contributed by atoms with van der Waals surface area (Å²) in [4.78, 5) is 0. The van der Waals surface area contributed by atoms with E-state index >= 15 is 0 Å². The first-order chi connectivity index (χ1) is 43.3. The summed E-state index contributed by atoms with van der Waals surface area (Å²) in [6.07, 6.45) is 0.516. The van der Waals surface area contributed by atoms with Crippen LogP contribution in [0.4, 0.5) is 0 Å². The van der Waals surface area contributed by atoms with Gasteiger partial charge in [-0.1, -0.05) is 25.3 Å². The maximum absolute atomic E-state index is 9.40. The predicted molar refractivity (Wildman–Crippen MR) is 266 cm³/mol. The van der Waals surface area contributed by atoms with Crippen LogP contribution < -0.4 is 56.8 Å². The third-order valence-corrected chi connectivity index (χ3v) is 12.1. The van der Waals surface area contributed by atoms with E-state index < -0.39 is 138 Å². The zero-order valence-corrected chi connectivity index (χ0v) is 37.1. The average Bonchev–Trinajstić information content (AvgIpc) is 1.31. The van der Waals surface area contributed by atoms with Gasteiger partial charge in [0.15, 0.2) is 69.0 Å². The van der Waals surface area contributed by atoms with Gasteiger partial charge in [0.2, 0.25) is 0 Å². The Balaban J connectivity index is 1.39. The smallest absolute Gasteiger partial charge is 0.161 e. The van der Waals surface area contributed by atoms with Crippen LogP contribution in [0.2, 0.25) is 0 Å². The van der Waals surface area contributed by atoms with Crippen LogP contribution in [-0.2, 0) is 38.5 Å². The van der Waals surface area contributed by atoms with E-state index in [1.54, 1.807) is 0 Å².